The lowest BCUT2D eigenvalue weighted by molar-refractivity contribution is 0.0691. The SMILES string of the molecule is CNCCC1CCN(C(=O)c2sc(COc3ccc(F)cc3)nc2C)CC1.Cl.Cl. The molecule has 0 atom stereocenters. The highest BCUT2D eigenvalue weighted by Crippen LogP contribution is 2.26. The number of amides is 1. The molecule has 0 unspecified atom stereocenters. The molecule has 2 heterocycles. The molecule has 1 aromatic carbocycles. The average molecular weight is 464 g/mol. The Kier molecular flexibility index (Phi) is 10.9. The largest absolute Gasteiger partial charge is 0.486 e. The van der Waals surface area contributed by atoms with Gasteiger partial charge in [-0.2, -0.15) is 0 Å². The quantitative estimate of drug-likeness (QED) is 0.657. The van der Waals surface area contributed by atoms with E-state index in [-0.39, 0.29) is 43.1 Å². The number of hydrogen-bond acceptors (Lipinski definition) is 5. The topological polar surface area (TPSA) is 54.5 Å². The van der Waals surface area contributed by atoms with Crippen molar-refractivity contribution in [3.8, 4) is 5.75 Å². The fraction of sp³-hybridized carbons (Fsp3) is 0.500. The Morgan fingerprint density at radius 3 is 2.55 bits per heavy atom. The van der Waals surface area contributed by atoms with Crippen LogP contribution in [0, 0.1) is 18.7 Å². The molecule has 0 radical (unpaired) electrons. The van der Waals surface area contributed by atoms with Crippen LogP contribution in [-0.2, 0) is 6.61 Å². The lowest BCUT2D eigenvalue weighted by Gasteiger charge is -2.31. The molecule has 1 aliphatic rings. The molecule has 1 N–H and O–H groups in total. The Labute approximate surface area is 187 Å². The fourth-order valence-electron chi connectivity index (χ4n) is 3.31. The van der Waals surface area contributed by atoms with E-state index in [1.165, 1.54) is 29.9 Å². The number of likely N-dealkylation sites (tertiary alicyclic amines) is 1. The summed E-state index contributed by atoms with van der Waals surface area (Å²) >= 11 is 1.39. The summed E-state index contributed by atoms with van der Waals surface area (Å²) in [5.74, 6) is 1.06. The van der Waals surface area contributed by atoms with Crippen LogP contribution in [0.25, 0.3) is 0 Å². The van der Waals surface area contributed by atoms with Crippen molar-refractivity contribution in [3.05, 3.63) is 45.7 Å². The van der Waals surface area contributed by atoms with Crippen molar-refractivity contribution in [2.45, 2.75) is 32.8 Å². The van der Waals surface area contributed by atoms with E-state index in [0.29, 0.717) is 16.5 Å². The maximum Gasteiger partial charge on any atom is 0.265 e. The second-order valence-electron chi connectivity index (χ2n) is 6.89. The van der Waals surface area contributed by atoms with Crippen molar-refractivity contribution in [3.63, 3.8) is 0 Å². The molecule has 162 valence electrons. The summed E-state index contributed by atoms with van der Waals surface area (Å²) in [5.41, 5.74) is 0.750. The first-order valence-electron chi connectivity index (χ1n) is 9.35. The number of hydrogen-bond donors (Lipinski definition) is 1. The number of rotatable bonds is 7. The molecule has 1 saturated heterocycles. The molecule has 3 rings (SSSR count). The summed E-state index contributed by atoms with van der Waals surface area (Å²) in [7, 11) is 1.97. The van der Waals surface area contributed by atoms with E-state index in [1.54, 1.807) is 12.1 Å². The zero-order valence-corrected chi connectivity index (χ0v) is 19.1. The van der Waals surface area contributed by atoms with E-state index in [4.69, 9.17) is 4.74 Å². The number of aromatic nitrogens is 1. The van der Waals surface area contributed by atoms with Gasteiger partial charge >= 0.3 is 0 Å². The standard InChI is InChI=1S/C20H26FN3O2S.2ClH/c1-14-19(20(25)24-11-8-15(9-12-24)7-10-22-2)27-18(23-14)13-26-17-5-3-16(21)4-6-17;;/h3-6,15,22H,7-13H2,1-2H3;2*1H. The molecule has 1 aliphatic heterocycles. The summed E-state index contributed by atoms with van der Waals surface area (Å²) in [6.07, 6.45) is 3.29. The molecule has 0 saturated carbocycles. The molecule has 1 fully saturated rings. The maximum absolute atomic E-state index is 12.9. The van der Waals surface area contributed by atoms with E-state index >= 15 is 0 Å². The second-order valence-corrected chi connectivity index (χ2v) is 7.98. The third-order valence-electron chi connectivity index (χ3n) is 4.92. The van der Waals surface area contributed by atoms with Crippen LogP contribution < -0.4 is 10.1 Å². The predicted molar refractivity (Wildman–Crippen MR) is 119 cm³/mol. The number of piperidine rings is 1. The van der Waals surface area contributed by atoms with Crippen LogP contribution in [-0.4, -0.2) is 42.5 Å². The van der Waals surface area contributed by atoms with Gasteiger partial charge in [0.05, 0.1) is 5.69 Å². The van der Waals surface area contributed by atoms with Crippen molar-refractivity contribution in [1.82, 2.24) is 15.2 Å². The Bertz CT molecular complexity index is 766. The van der Waals surface area contributed by atoms with Crippen LogP contribution in [0.3, 0.4) is 0 Å². The van der Waals surface area contributed by atoms with Crippen molar-refractivity contribution in [2.75, 3.05) is 26.7 Å². The highest BCUT2D eigenvalue weighted by atomic mass is 35.5. The van der Waals surface area contributed by atoms with E-state index in [0.717, 1.165) is 43.2 Å². The molecule has 0 aliphatic carbocycles. The number of aryl methyl sites for hydroxylation is 1. The first-order chi connectivity index (χ1) is 13.1. The molecule has 2 aromatic rings. The Morgan fingerprint density at radius 1 is 1.28 bits per heavy atom. The third kappa shape index (κ3) is 7.10. The number of ether oxygens (including phenoxy) is 1. The second kappa shape index (κ2) is 12.3. The minimum Gasteiger partial charge on any atom is -0.486 e. The number of thiazole rings is 1. The predicted octanol–water partition coefficient (Wildman–Crippen LogP) is 4.47. The molecular formula is C20H28Cl2FN3O2S. The van der Waals surface area contributed by atoms with Crippen LogP contribution >= 0.6 is 36.2 Å². The van der Waals surface area contributed by atoms with Gasteiger partial charge in [0.2, 0.25) is 0 Å². The van der Waals surface area contributed by atoms with Crippen molar-refractivity contribution < 1.29 is 13.9 Å². The van der Waals surface area contributed by atoms with Gasteiger partial charge in [-0.3, -0.25) is 4.79 Å². The van der Waals surface area contributed by atoms with Crippen LogP contribution in [0.2, 0.25) is 0 Å². The Balaban J connectivity index is 0.00000210. The van der Waals surface area contributed by atoms with Crippen molar-refractivity contribution in [2.24, 2.45) is 5.92 Å². The van der Waals surface area contributed by atoms with Gasteiger partial charge in [0.15, 0.2) is 0 Å². The Morgan fingerprint density at radius 2 is 1.93 bits per heavy atom. The maximum atomic E-state index is 12.9. The van der Waals surface area contributed by atoms with Gasteiger partial charge in [0.25, 0.3) is 5.91 Å². The summed E-state index contributed by atoms with van der Waals surface area (Å²) in [5, 5.41) is 3.95. The smallest absolute Gasteiger partial charge is 0.265 e. The average Bonchev–Trinajstić information content (AvgIpc) is 3.06. The fourth-order valence-corrected chi connectivity index (χ4v) is 4.25. The van der Waals surface area contributed by atoms with Crippen LogP contribution in [0.5, 0.6) is 5.75 Å². The number of nitrogens with zero attached hydrogens (tertiary/aromatic N) is 2. The van der Waals surface area contributed by atoms with E-state index in [2.05, 4.69) is 10.3 Å². The van der Waals surface area contributed by atoms with Gasteiger partial charge in [-0.1, -0.05) is 0 Å². The molecule has 9 heteroatoms. The first kappa shape index (κ1) is 25.6. The van der Waals surface area contributed by atoms with Gasteiger partial charge < -0.3 is 15.0 Å². The monoisotopic (exact) mass is 463 g/mol. The highest BCUT2D eigenvalue weighted by Gasteiger charge is 2.26. The van der Waals surface area contributed by atoms with E-state index in [9.17, 15) is 9.18 Å². The highest BCUT2D eigenvalue weighted by molar-refractivity contribution is 7.13. The molecule has 1 aromatic heterocycles. The third-order valence-corrected chi connectivity index (χ3v) is 6.03. The van der Waals surface area contributed by atoms with Crippen LogP contribution in [0.4, 0.5) is 4.39 Å². The van der Waals surface area contributed by atoms with E-state index in [1.807, 2.05) is 18.9 Å². The van der Waals surface area contributed by atoms with Gasteiger partial charge in [-0.15, -0.1) is 36.2 Å². The minimum absolute atomic E-state index is 0. The lowest BCUT2D eigenvalue weighted by atomic mass is 9.93. The number of nitrogens with one attached hydrogen (secondary N) is 1. The van der Waals surface area contributed by atoms with Gasteiger partial charge in [-0.05, 0) is 70.0 Å². The minimum atomic E-state index is -0.296. The van der Waals surface area contributed by atoms with Crippen molar-refractivity contribution in [1.29, 1.82) is 0 Å². The Hall–Kier alpha value is -1.41. The zero-order valence-electron chi connectivity index (χ0n) is 16.7. The summed E-state index contributed by atoms with van der Waals surface area (Å²) in [6, 6.07) is 5.88. The molecular weight excluding hydrogens is 436 g/mol. The van der Waals surface area contributed by atoms with Crippen LogP contribution in [0.15, 0.2) is 24.3 Å². The molecule has 5 nitrogen and oxygen atoms in total. The summed E-state index contributed by atoms with van der Waals surface area (Å²) in [6.45, 7) is 4.79. The number of halogens is 3. The van der Waals surface area contributed by atoms with Gasteiger partial charge in [0.1, 0.15) is 28.1 Å². The molecule has 0 spiro atoms. The lowest BCUT2D eigenvalue weighted by Crippen LogP contribution is -2.38. The van der Waals surface area contributed by atoms with Crippen LogP contribution in [0.1, 0.15) is 39.6 Å². The van der Waals surface area contributed by atoms with Crippen molar-refractivity contribution >= 4 is 42.1 Å². The number of carbonyl (C=O) groups excluding carboxylic acids is 1. The molecule has 1 amide bonds. The summed E-state index contributed by atoms with van der Waals surface area (Å²) in [4.78, 5) is 20.0. The van der Waals surface area contributed by atoms with Gasteiger partial charge in [-0.25, -0.2) is 9.37 Å². The zero-order chi connectivity index (χ0) is 19.2. The van der Waals surface area contributed by atoms with Gasteiger partial charge in [0, 0.05) is 13.1 Å². The summed E-state index contributed by atoms with van der Waals surface area (Å²) < 4.78 is 18.6. The van der Waals surface area contributed by atoms with E-state index < -0.39 is 0 Å². The first-order valence-corrected chi connectivity index (χ1v) is 10.2. The molecule has 0 bridgehead atoms. The number of carbonyl (C=O) groups is 1. The normalized spacial score (nSPS) is 14.1. The number of benzene rings is 1. The molecule has 29 heavy (non-hydrogen) atoms.